The lowest BCUT2D eigenvalue weighted by Gasteiger charge is -2.38. The van der Waals surface area contributed by atoms with Gasteiger partial charge < -0.3 is 10.2 Å². The van der Waals surface area contributed by atoms with Gasteiger partial charge in [-0.05, 0) is 74.8 Å². The Morgan fingerprint density at radius 2 is 2.04 bits per heavy atom. The Hall–Kier alpha value is -0.610. The molecule has 26 heavy (non-hydrogen) atoms. The zero-order valence-electron chi connectivity index (χ0n) is 15.5. The van der Waals surface area contributed by atoms with Crippen LogP contribution in [0.5, 0.6) is 0 Å². The highest BCUT2D eigenvalue weighted by Crippen LogP contribution is 2.35. The van der Waals surface area contributed by atoms with Crippen LogP contribution in [0.25, 0.3) is 0 Å². The maximum atomic E-state index is 12.9. The fourth-order valence-corrected chi connectivity index (χ4v) is 4.70. The van der Waals surface area contributed by atoms with Crippen LogP contribution in [-0.4, -0.2) is 43.4 Å². The quantitative estimate of drug-likeness (QED) is 0.655. The maximum Gasteiger partial charge on any atom is 0.137 e. The van der Waals surface area contributed by atoms with Crippen molar-refractivity contribution >= 4 is 29.0 Å². The highest BCUT2D eigenvalue weighted by atomic mass is 35.5. The SMILES string of the molecule is O=C(Cc1cccc(C(Cl)Cl)c1)CC1(CCN2CCCC2)CCCNC1. The Balaban J connectivity index is 1.60. The standard InChI is InChI=1S/C21H30Cl2N2O/c22-20(23)18-6-3-5-17(13-18)14-19(26)15-21(7-4-9-24-16-21)8-12-25-10-1-2-11-25/h3,5-6,13,20,24H,1-2,4,7-12,14-16H2. The molecule has 1 aromatic carbocycles. The smallest absolute Gasteiger partial charge is 0.137 e. The van der Waals surface area contributed by atoms with Gasteiger partial charge in [0.2, 0.25) is 0 Å². The minimum Gasteiger partial charge on any atom is -0.316 e. The van der Waals surface area contributed by atoms with Crippen molar-refractivity contribution in [2.45, 2.75) is 49.8 Å². The van der Waals surface area contributed by atoms with Gasteiger partial charge >= 0.3 is 0 Å². The molecule has 1 N–H and O–H groups in total. The van der Waals surface area contributed by atoms with Crippen molar-refractivity contribution in [1.29, 1.82) is 0 Å². The number of hydrogen-bond acceptors (Lipinski definition) is 3. The molecule has 0 aliphatic carbocycles. The number of ketones is 1. The fraction of sp³-hybridized carbons (Fsp3) is 0.667. The van der Waals surface area contributed by atoms with Crippen molar-refractivity contribution in [3.63, 3.8) is 0 Å². The first-order chi connectivity index (χ1) is 12.6. The number of Topliss-reactive ketones (excluding diaryl/α,β-unsaturated/α-hetero) is 1. The molecule has 3 nitrogen and oxygen atoms in total. The minimum absolute atomic E-state index is 0.122. The predicted molar refractivity (Wildman–Crippen MR) is 109 cm³/mol. The average molecular weight is 397 g/mol. The summed E-state index contributed by atoms with van der Waals surface area (Å²) in [6.07, 6.45) is 7.24. The lowest BCUT2D eigenvalue weighted by molar-refractivity contribution is -0.121. The molecular weight excluding hydrogens is 367 g/mol. The van der Waals surface area contributed by atoms with Crippen molar-refractivity contribution < 1.29 is 4.79 Å². The molecule has 2 heterocycles. The molecule has 0 amide bonds. The largest absolute Gasteiger partial charge is 0.316 e. The summed E-state index contributed by atoms with van der Waals surface area (Å²) in [5.74, 6) is 0.327. The Morgan fingerprint density at radius 1 is 1.23 bits per heavy atom. The first-order valence-corrected chi connectivity index (χ1v) is 10.8. The van der Waals surface area contributed by atoms with Crippen LogP contribution >= 0.6 is 23.2 Å². The first-order valence-electron chi connectivity index (χ1n) is 9.88. The van der Waals surface area contributed by atoms with Crippen molar-refractivity contribution in [1.82, 2.24) is 10.2 Å². The van der Waals surface area contributed by atoms with Crippen LogP contribution in [0.4, 0.5) is 0 Å². The van der Waals surface area contributed by atoms with Gasteiger partial charge in [-0.3, -0.25) is 4.79 Å². The molecule has 0 aromatic heterocycles. The Bertz CT molecular complexity index is 593. The fourth-order valence-electron chi connectivity index (χ4n) is 4.43. The molecule has 144 valence electrons. The number of halogens is 2. The van der Waals surface area contributed by atoms with Crippen molar-refractivity contribution in [3.05, 3.63) is 35.4 Å². The summed E-state index contributed by atoms with van der Waals surface area (Å²) in [6, 6.07) is 7.79. The second-order valence-corrected chi connectivity index (χ2v) is 9.11. The molecule has 2 aliphatic heterocycles. The van der Waals surface area contributed by atoms with Gasteiger partial charge in [0.05, 0.1) is 0 Å². The summed E-state index contributed by atoms with van der Waals surface area (Å²) in [5, 5.41) is 3.54. The highest BCUT2D eigenvalue weighted by molar-refractivity contribution is 6.44. The topological polar surface area (TPSA) is 32.3 Å². The molecule has 2 aliphatic rings. The number of carbonyl (C=O) groups excluding carboxylic acids is 1. The van der Waals surface area contributed by atoms with E-state index in [1.54, 1.807) is 0 Å². The molecule has 1 unspecified atom stereocenters. The van der Waals surface area contributed by atoms with Crippen LogP contribution in [0.2, 0.25) is 0 Å². The van der Waals surface area contributed by atoms with E-state index >= 15 is 0 Å². The number of rotatable bonds is 8. The van der Waals surface area contributed by atoms with Crippen LogP contribution in [0.3, 0.4) is 0 Å². The number of benzene rings is 1. The van der Waals surface area contributed by atoms with Gasteiger partial charge in [0.15, 0.2) is 0 Å². The monoisotopic (exact) mass is 396 g/mol. The van der Waals surface area contributed by atoms with Crippen LogP contribution in [0.1, 0.15) is 54.5 Å². The van der Waals surface area contributed by atoms with Crippen LogP contribution < -0.4 is 5.32 Å². The molecule has 0 saturated carbocycles. The Labute approximate surface area is 167 Å². The van der Waals surface area contributed by atoms with E-state index in [4.69, 9.17) is 23.2 Å². The number of nitrogens with zero attached hydrogens (tertiary/aromatic N) is 1. The molecular formula is C21H30Cl2N2O. The van der Waals surface area contributed by atoms with E-state index in [2.05, 4.69) is 10.2 Å². The zero-order valence-corrected chi connectivity index (χ0v) is 17.0. The number of alkyl halides is 2. The normalized spacial score (nSPS) is 24.3. The molecule has 2 saturated heterocycles. The van der Waals surface area contributed by atoms with Gasteiger partial charge in [0.25, 0.3) is 0 Å². The average Bonchev–Trinajstić information content (AvgIpc) is 3.14. The number of carbonyl (C=O) groups is 1. The highest BCUT2D eigenvalue weighted by Gasteiger charge is 2.34. The number of piperidine rings is 1. The van der Waals surface area contributed by atoms with Crippen LogP contribution in [0, 0.1) is 5.41 Å². The zero-order chi connectivity index (χ0) is 18.4. The van der Waals surface area contributed by atoms with Crippen molar-refractivity contribution in [3.8, 4) is 0 Å². The summed E-state index contributed by atoms with van der Waals surface area (Å²) >= 11 is 11.9. The predicted octanol–water partition coefficient (Wildman–Crippen LogP) is 4.52. The number of hydrogen-bond donors (Lipinski definition) is 1. The van der Waals surface area contributed by atoms with Gasteiger partial charge in [0.1, 0.15) is 10.6 Å². The third kappa shape index (κ3) is 5.69. The van der Waals surface area contributed by atoms with Gasteiger partial charge in [-0.15, -0.1) is 23.2 Å². The molecule has 3 rings (SSSR count). The van der Waals surface area contributed by atoms with Gasteiger partial charge in [-0.2, -0.15) is 0 Å². The third-order valence-electron chi connectivity index (χ3n) is 5.89. The molecule has 0 bridgehead atoms. The number of nitrogens with one attached hydrogen (secondary N) is 1. The van der Waals surface area contributed by atoms with Gasteiger partial charge in [-0.1, -0.05) is 24.3 Å². The summed E-state index contributed by atoms with van der Waals surface area (Å²) in [6.45, 7) is 5.63. The summed E-state index contributed by atoms with van der Waals surface area (Å²) < 4.78 is 0. The summed E-state index contributed by atoms with van der Waals surface area (Å²) in [5.41, 5.74) is 2.00. The molecule has 0 spiro atoms. The van der Waals surface area contributed by atoms with Crippen molar-refractivity contribution in [2.24, 2.45) is 5.41 Å². The third-order valence-corrected chi connectivity index (χ3v) is 6.40. The molecule has 0 radical (unpaired) electrons. The van der Waals surface area contributed by atoms with Gasteiger partial charge in [-0.25, -0.2) is 0 Å². The van der Waals surface area contributed by atoms with Crippen LogP contribution in [-0.2, 0) is 11.2 Å². The van der Waals surface area contributed by atoms with E-state index in [0.717, 1.165) is 43.6 Å². The second kappa shape index (κ2) is 9.54. The van der Waals surface area contributed by atoms with E-state index in [0.29, 0.717) is 18.6 Å². The van der Waals surface area contributed by atoms with E-state index in [9.17, 15) is 4.79 Å². The summed E-state index contributed by atoms with van der Waals surface area (Å²) in [7, 11) is 0. The second-order valence-electron chi connectivity index (χ2n) is 8.02. The Morgan fingerprint density at radius 3 is 2.73 bits per heavy atom. The minimum atomic E-state index is -0.542. The number of likely N-dealkylation sites (tertiary alicyclic amines) is 1. The molecule has 5 heteroatoms. The molecule has 1 aromatic rings. The van der Waals surface area contributed by atoms with E-state index in [-0.39, 0.29) is 5.41 Å². The lowest BCUT2D eigenvalue weighted by atomic mass is 9.73. The van der Waals surface area contributed by atoms with Gasteiger partial charge in [0, 0.05) is 19.4 Å². The van der Waals surface area contributed by atoms with Crippen molar-refractivity contribution in [2.75, 3.05) is 32.7 Å². The van der Waals surface area contributed by atoms with E-state index in [1.165, 1.54) is 32.4 Å². The van der Waals surface area contributed by atoms with E-state index < -0.39 is 4.84 Å². The van der Waals surface area contributed by atoms with Crippen LogP contribution in [0.15, 0.2) is 24.3 Å². The van der Waals surface area contributed by atoms with E-state index in [1.807, 2.05) is 24.3 Å². The maximum absolute atomic E-state index is 12.9. The molecule has 1 atom stereocenters. The lowest BCUT2D eigenvalue weighted by Crippen LogP contribution is -2.43. The Kier molecular flexibility index (Phi) is 7.39. The first kappa shape index (κ1) is 20.1. The molecule has 2 fully saturated rings. The summed E-state index contributed by atoms with van der Waals surface area (Å²) in [4.78, 5) is 14.9.